The minimum atomic E-state index is 0.150. The van der Waals surface area contributed by atoms with E-state index < -0.39 is 0 Å². The molecule has 0 amide bonds. The number of methoxy groups -OCH3 is 2. The van der Waals surface area contributed by atoms with E-state index in [2.05, 4.69) is 28.4 Å². The van der Waals surface area contributed by atoms with Crippen LogP contribution in [0.25, 0.3) is 0 Å². The van der Waals surface area contributed by atoms with Crippen molar-refractivity contribution in [3.05, 3.63) is 29.6 Å². The highest BCUT2D eigenvalue weighted by Crippen LogP contribution is 2.35. The van der Waals surface area contributed by atoms with Crippen LogP contribution in [0.5, 0.6) is 11.5 Å². The SMILES string of the molecule is COc1ccc([C@H]2C[C@@H](C)Nc3nc(C)nn32)cc1OC. The zero-order valence-corrected chi connectivity index (χ0v) is 12.8. The Morgan fingerprint density at radius 1 is 1.24 bits per heavy atom. The predicted molar refractivity (Wildman–Crippen MR) is 80.1 cm³/mol. The standard InChI is InChI=1S/C15H20N4O2/c1-9-7-12(19-15(16-9)17-10(2)18-19)11-5-6-13(20-3)14(8-11)21-4/h5-6,8-9,12H,7H2,1-4H3,(H,16,17,18)/t9-,12-/m1/s1. The van der Waals surface area contributed by atoms with Crippen molar-refractivity contribution in [2.24, 2.45) is 0 Å². The molecule has 1 aliphatic rings. The van der Waals surface area contributed by atoms with Gasteiger partial charge in [-0.15, -0.1) is 0 Å². The summed E-state index contributed by atoms with van der Waals surface area (Å²) in [6.07, 6.45) is 0.950. The molecule has 112 valence electrons. The van der Waals surface area contributed by atoms with E-state index in [1.165, 1.54) is 0 Å². The monoisotopic (exact) mass is 288 g/mol. The van der Waals surface area contributed by atoms with Crippen molar-refractivity contribution in [3.8, 4) is 11.5 Å². The summed E-state index contributed by atoms with van der Waals surface area (Å²) < 4.78 is 12.7. The van der Waals surface area contributed by atoms with Crippen molar-refractivity contribution in [3.63, 3.8) is 0 Å². The first-order valence-electron chi connectivity index (χ1n) is 7.04. The summed E-state index contributed by atoms with van der Waals surface area (Å²) >= 11 is 0. The summed E-state index contributed by atoms with van der Waals surface area (Å²) in [4.78, 5) is 4.44. The number of benzene rings is 1. The fourth-order valence-corrected chi connectivity index (χ4v) is 2.80. The van der Waals surface area contributed by atoms with E-state index in [4.69, 9.17) is 9.47 Å². The second-order valence-corrected chi connectivity index (χ2v) is 5.34. The van der Waals surface area contributed by atoms with Gasteiger partial charge < -0.3 is 14.8 Å². The molecule has 21 heavy (non-hydrogen) atoms. The summed E-state index contributed by atoms with van der Waals surface area (Å²) in [6, 6.07) is 6.51. The summed E-state index contributed by atoms with van der Waals surface area (Å²) in [5.41, 5.74) is 1.15. The fraction of sp³-hybridized carbons (Fsp3) is 0.467. The number of ether oxygens (including phenoxy) is 2. The topological polar surface area (TPSA) is 61.2 Å². The number of rotatable bonds is 3. The third-order valence-corrected chi connectivity index (χ3v) is 3.78. The second-order valence-electron chi connectivity index (χ2n) is 5.34. The second kappa shape index (κ2) is 5.27. The van der Waals surface area contributed by atoms with Gasteiger partial charge in [-0.2, -0.15) is 10.1 Å². The zero-order chi connectivity index (χ0) is 15.0. The molecule has 0 radical (unpaired) electrons. The molecule has 0 aliphatic carbocycles. The molecular weight excluding hydrogens is 268 g/mol. The first-order chi connectivity index (χ1) is 10.1. The number of fused-ring (bicyclic) bond motifs is 1. The van der Waals surface area contributed by atoms with Gasteiger partial charge in [0.2, 0.25) is 5.95 Å². The molecule has 1 N–H and O–H groups in total. The zero-order valence-electron chi connectivity index (χ0n) is 12.8. The van der Waals surface area contributed by atoms with Crippen LogP contribution in [0.1, 0.15) is 30.8 Å². The average molecular weight is 288 g/mol. The van der Waals surface area contributed by atoms with Crippen LogP contribution in [0.15, 0.2) is 18.2 Å². The molecule has 0 unspecified atom stereocenters. The number of hydrogen-bond donors (Lipinski definition) is 1. The largest absolute Gasteiger partial charge is 0.493 e. The summed E-state index contributed by atoms with van der Waals surface area (Å²) in [5, 5.41) is 7.88. The van der Waals surface area contributed by atoms with Crippen LogP contribution in [0.2, 0.25) is 0 Å². The lowest BCUT2D eigenvalue weighted by molar-refractivity contribution is 0.352. The van der Waals surface area contributed by atoms with Gasteiger partial charge in [-0.3, -0.25) is 0 Å². The fourth-order valence-electron chi connectivity index (χ4n) is 2.80. The third-order valence-electron chi connectivity index (χ3n) is 3.78. The molecule has 1 aromatic heterocycles. The molecule has 1 aromatic carbocycles. The molecule has 1 aliphatic heterocycles. The van der Waals surface area contributed by atoms with Gasteiger partial charge in [-0.25, -0.2) is 4.68 Å². The lowest BCUT2D eigenvalue weighted by Crippen LogP contribution is -2.31. The molecule has 0 fully saturated rings. The highest BCUT2D eigenvalue weighted by atomic mass is 16.5. The van der Waals surface area contributed by atoms with Crippen molar-refractivity contribution < 1.29 is 9.47 Å². The molecule has 0 saturated heterocycles. The predicted octanol–water partition coefficient (Wildman–Crippen LogP) is 2.40. The van der Waals surface area contributed by atoms with Crippen LogP contribution in [0.3, 0.4) is 0 Å². The Labute approximate surface area is 124 Å². The Balaban J connectivity index is 2.04. The van der Waals surface area contributed by atoms with E-state index in [9.17, 15) is 0 Å². The third kappa shape index (κ3) is 2.41. The minimum absolute atomic E-state index is 0.150. The van der Waals surface area contributed by atoms with Gasteiger partial charge in [0, 0.05) is 6.04 Å². The number of aryl methyl sites for hydroxylation is 1. The van der Waals surface area contributed by atoms with Crippen LogP contribution < -0.4 is 14.8 Å². The van der Waals surface area contributed by atoms with Crippen molar-refractivity contribution in [1.82, 2.24) is 14.8 Å². The summed E-state index contributed by atoms with van der Waals surface area (Å²) in [6.45, 7) is 4.06. The first kappa shape index (κ1) is 13.7. The Kier molecular flexibility index (Phi) is 3.45. The molecule has 2 atom stereocenters. The maximum Gasteiger partial charge on any atom is 0.222 e. The van der Waals surface area contributed by atoms with Gasteiger partial charge in [0.25, 0.3) is 0 Å². The van der Waals surface area contributed by atoms with Gasteiger partial charge in [0.15, 0.2) is 11.5 Å². The van der Waals surface area contributed by atoms with Crippen LogP contribution in [0, 0.1) is 6.92 Å². The lowest BCUT2D eigenvalue weighted by Gasteiger charge is -2.29. The molecule has 0 saturated carbocycles. The van der Waals surface area contributed by atoms with E-state index in [-0.39, 0.29) is 6.04 Å². The Hall–Kier alpha value is -2.24. The Bertz CT molecular complexity index is 653. The Morgan fingerprint density at radius 3 is 2.71 bits per heavy atom. The molecule has 2 heterocycles. The van der Waals surface area contributed by atoms with Gasteiger partial charge in [0.1, 0.15) is 5.82 Å². The minimum Gasteiger partial charge on any atom is -0.493 e. The normalized spacial score (nSPS) is 20.6. The quantitative estimate of drug-likeness (QED) is 0.939. The van der Waals surface area contributed by atoms with E-state index in [0.717, 1.165) is 35.3 Å². The lowest BCUT2D eigenvalue weighted by atomic mass is 9.98. The van der Waals surface area contributed by atoms with E-state index in [1.54, 1.807) is 14.2 Å². The molecule has 2 aromatic rings. The Morgan fingerprint density at radius 2 is 2.00 bits per heavy atom. The number of nitrogens with one attached hydrogen (secondary N) is 1. The molecule has 0 spiro atoms. The first-order valence-corrected chi connectivity index (χ1v) is 7.04. The van der Waals surface area contributed by atoms with E-state index in [0.29, 0.717) is 6.04 Å². The maximum atomic E-state index is 5.40. The molecule has 0 bridgehead atoms. The average Bonchev–Trinajstić information content (AvgIpc) is 2.85. The number of hydrogen-bond acceptors (Lipinski definition) is 5. The van der Waals surface area contributed by atoms with Crippen LogP contribution in [0.4, 0.5) is 5.95 Å². The van der Waals surface area contributed by atoms with Crippen LogP contribution in [-0.4, -0.2) is 35.0 Å². The summed E-state index contributed by atoms with van der Waals surface area (Å²) in [7, 11) is 3.29. The van der Waals surface area contributed by atoms with Crippen molar-refractivity contribution >= 4 is 5.95 Å². The number of anilines is 1. The molecule has 6 nitrogen and oxygen atoms in total. The smallest absolute Gasteiger partial charge is 0.222 e. The van der Waals surface area contributed by atoms with Crippen molar-refractivity contribution in [1.29, 1.82) is 0 Å². The molecular formula is C15H20N4O2. The maximum absolute atomic E-state index is 5.40. The summed E-state index contributed by atoms with van der Waals surface area (Å²) in [5.74, 6) is 3.07. The van der Waals surface area contributed by atoms with E-state index in [1.807, 2.05) is 23.7 Å². The van der Waals surface area contributed by atoms with Gasteiger partial charge >= 0.3 is 0 Å². The van der Waals surface area contributed by atoms with Crippen LogP contribution >= 0.6 is 0 Å². The highest BCUT2D eigenvalue weighted by molar-refractivity contribution is 5.45. The van der Waals surface area contributed by atoms with Gasteiger partial charge in [-0.1, -0.05) is 6.07 Å². The molecule has 6 heteroatoms. The molecule has 3 rings (SSSR count). The number of aromatic nitrogens is 3. The van der Waals surface area contributed by atoms with Gasteiger partial charge in [-0.05, 0) is 38.0 Å². The van der Waals surface area contributed by atoms with Crippen LogP contribution in [-0.2, 0) is 0 Å². The highest BCUT2D eigenvalue weighted by Gasteiger charge is 2.28. The number of nitrogens with zero attached hydrogens (tertiary/aromatic N) is 3. The van der Waals surface area contributed by atoms with Crippen molar-refractivity contribution in [2.45, 2.75) is 32.4 Å². The van der Waals surface area contributed by atoms with Crippen molar-refractivity contribution in [2.75, 3.05) is 19.5 Å². The van der Waals surface area contributed by atoms with Gasteiger partial charge in [0.05, 0.1) is 20.3 Å². The van der Waals surface area contributed by atoms with E-state index >= 15 is 0 Å².